The van der Waals surface area contributed by atoms with E-state index in [-0.39, 0.29) is 24.2 Å². The van der Waals surface area contributed by atoms with Crippen molar-refractivity contribution in [3.63, 3.8) is 0 Å². The zero-order chi connectivity index (χ0) is 14.6. The molecule has 0 atom stereocenters. The fourth-order valence-electron chi connectivity index (χ4n) is 1.38. The van der Waals surface area contributed by atoms with Gasteiger partial charge in [-0.2, -0.15) is 0 Å². The van der Waals surface area contributed by atoms with Crippen LogP contribution < -0.4 is 5.32 Å². The number of nitro groups is 1. The van der Waals surface area contributed by atoms with Crippen molar-refractivity contribution in [3.05, 3.63) is 36.9 Å². The topological polar surface area (TPSA) is 110 Å². The van der Waals surface area contributed by atoms with Crippen LogP contribution in [0.15, 0.2) is 12.1 Å². The molecule has 7 nitrogen and oxygen atoms in total. The molecule has 1 aromatic carbocycles. The first-order valence-electron chi connectivity index (χ1n) is 5.27. The van der Waals surface area contributed by atoms with Crippen LogP contribution in [-0.2, 0) is 4.79 Å². The van der Waals surface area contributed by atoms with E-state index in [1.165, 1.54) is 12.1 Å². The van der Waals surface area contributed by atoms with Crippen molar-refractivity contribution in [2.24, 2.45) is 0 Å². The monoisotopic (exact) mass is 378 g/mol. The molecule has 0 spiro atoms. The number of hydrogen-bond acceptors (Lipinski definition) is 4. The second-order valence-electron chi connectivity index (χ2n) is 3.76. The highest BCUT2D eigenvalue weighted by atomic mass is 127. The van der Waals surface area contributed by atoms with Crippen molar-refractivity contribution in [3.8, 4) is 0 Å². The molecular formula is C11H11IN2O5. The fraction of sp³-hybridized carbons (Fsp3) is 0.273. The number of nitrogens with one attached hydrogen (secondary N) is 1. The molecule has 8 heteroatoms. The average molecular weight is 378 g/mol. The van der Waals surface area contributed by atoms with Gasteiger partial charge in [0.05, 0.1) is 16.9 Å². The number of carbonyl (C=O) groups excluding carboxylic acids is 1. The quantitative estimate of drug-likeness (QED) is 0.461. The van der Waals surface area contributed by atoms with Crippen LogP contribution in [0, 0.1) is 20.6 Å². The Balaban J connectivity index is 2.95. The molecule has 1 aromatic rings. The molecule has 102 valence electrons. The minimum absolute atomic E-state index is 0.0210. The number of carbonyl (C=O) groups is 2. The summed E-state index contributed by atoms with van der Waals surface area (Å²) in [5, 5.41) is 21.6. The Morgan fingerprint density at radius 1 is 1.47 bits per heavy atom. The number of benzene rings is 1. The van der Waals surface area contributed by atoms with E-state index in [1.54, 1.807) is 6.92 Å². The summed E-state index contributed by atoms with van der Waals surface area (Å²) in [6.07, 6.45) is -0.198. The lowest BCUT2D eigenvalue weighted by atomic mass is 10.1. The number of hydrogen-bond donors (Lipinski definition) is 2. The van der Waals surface area contributed by atoms with Crippen LogP contribution in [0.2, 0.25) is 0 Å². The molecule has 0 fully saturated rings. The number of non-ortho nitro benzene ring substituents is 1. The average Bonchev–Trinajstić information content (AvgIpc) is 2.31. The van der Waals surface area contributed by atoms with E-state index in [0.717, 1.165) is 0 Å². The maximum absolute atomic E-state index is 11.8. The largest absolute Gasteiger partial charge is 0.481 e. The van der Waals surface area contributed by atoms with Crippen molar-refractivity contribution in [1.29, 1.82) is 0 Å². The van der Waals surface area contributed by atoms with Crippen LogP contribution in [0.4, 0.5) is 5.69 Å². The summed E-state index contributed by atoms with van der Waals surface area (Å²) >= 11 is 1.91. The fourth-order valence-corrected chi connectivity index (χ4v) is 1.99. The Kier molecular flexibility index (Phi) is 5.21. The van der Waals surface area contributed by atoms with E-state index in [0.29, 0.717) is 9.13 Å². The highest BCUT2D eigenvalue weighted by Crippen LogP contribution is 2.23. The van der Waals surface area contributed by atoms with Gasteiger partial charge in [0, 0.05) is 22.2 Å². The summed E-state index contributed by atoms with van der Waals surface area (Å²) in [6, 6.07) is 2.57. The highest BCUT2D eigenvalue weighted by molar-refractivity contribution is 14.1. The van der Waals surface area contributed by atoms with Gasteiger partial charge in [0.25, 0.3) is 11.6 Å². The van der Waals surface area contributed by atoms with Gasteiger partial charge in [0.1, 0.15) is 0 Å². The number of halogens is 1. The number of nitro benzene ring substituents is 1. The molecule has 0 saturated carbocycles. The van der Waals surface area contributed by atoms with Crippen molar-refractivity contribution in [2.45, 2.75) is 13.3 Å². The van der Waals surface area contributed by atoms with Crippen molar-refractivity contribution in [1.82, 2.24) is 5.32 Å². The molecule has 0 radical (unpaired) electrons. The molecule has 2 N–H and O–H groups in total. The molecule has 0 bridgehead atoms. The maximum Gasteiger partial charge on any atom is 0.305 e. The number of aliphatic carboxylic acids is 1. The summed E-state index contributed by atoms with van der Waals surface area (Å²) in [5.74, 6) is -1.54. The molecule has 1 rings (SSSR count). The molecule has 0 aromatic heterocycles. The third-order valence-electron chi connectivity index (χ3n) is 2.41. The minimum Gasteiger partial charge on any atom is -0.481 e. The van der Waals surface area contributed by atoms with Gasteiger partial charge in [0.15, 0.2) is 0 Å². The number of rotatable bonds is 5. The van der Waals surface area contributed by atoms with Crippen molar-refractivity contribution in [2.75, 3.05) is 6.54 Å². The molecule has 0 heterocycles. The lowest BCUT2D eigenvalue weighted by Gasteiger charge is -2.08. The van der Waals surface area contributed by atoms with Gasteiger partial charge in [-0.3, -0.25) is 19.7 Å². The number of carboxylic acids is 1. The molecule has 0 saturated heterocycles. The lowest BCUT2D eigenvalue weighted by molar-refractivity contribution is -0.385. The van der Waals surface area contributed by atoms with Gasteiger partial charge in [-0.15, -0.1) is 0 Å². The van der Waals surface area contributed by atoms with Crippen molar-refractivity contribution >= 4 is 40.2 Å². The summed E-state index contributed by atoms with van der Waals surface area (Å²) in [6.45, 7) is 1.66. The van der Waals surface area contributed by atoms with Gasteiger partial charge in [-0.25, -0.2) is 0 Å². The maximum atomic E-state index is 11.8. The predicted octanol–water partition coefficient (Wildman–Crippen LogP) is 1.71. The van der Waals surface area contributed by atoms with Crippen molar-refractivity contribution < 1.29 is 19.6 Å². The lowest BCUT2D eigenvalue weighted by Crippen LogP contribution is -2.27. The molecule has 0 unspecified atom stereocenters. The van der Waals surface area contributed by atoms with Crippen LogP contribution in [0.3, 0.4) is 0 Å². The van der Waals surface area contributed by atoms with E-state index in [9.17, 15) is 19.7 Å². The van der Waals surface area contributed by atoms with Gasteiger partial charge in [0.2, 0.25) is 0 Å². The molecule has 0 aliphatic rings. The van der Waals surface area contributed by atoms with E-state index >= 15 is 0 Å². The van der Waals surface area contributed by atoms with Crippen LogP contribution in [0.25, 0.3) is 0 Å². The van der Waals surface area contributed by atoms with Gasteiger partial charge < -0.3 is 10.4 Å². The van der Waals surface area contributed by atoms with Crippen LogP contribution in [0.1, 0.15) is 22.3 Å². The first-order chi connectivity index (χ1) is 8.82. The van der Waals surface area contributed by atoms with Crippen LogP contribution in [0.5, 0.6) is 0 Å². The van der Waals surface area contributed by atoms with Gasteiger partial charge >= 0.3 is 5.97 Å². The third kappa shape index (κ3) is 4.16. The molecule has 0 aliphatic heterocycles. The smallest absolute Gasteiger partial charge is 0.305 e. The number of carboxylic acid groups (broad SMARTS) is 1. The first kappa shape index (κ1) is 15.3. The van der Waals surface area contributed by atoms with Crippen LogP contribution in [-0.4, -0.2) is 28.5 Å². The Morgan fingerprint density at radius 3 is 2.63 bits per heavy atom. The number of amides is 1. The Morgan fingerprint density at radius 2 is 2.11 bits per heavy atom. The van der Waals surface area contributed by atoms with Crippen LogP contribution >= 0.6 is 22.6 Å². The molecular weight excluding hydrogens is 367 g/mol. The Bertz CT molecular complexity index is 544. The standard InChI is InChI=1S/C11H11IN2O5/c1-6-8(11(17)13-3-2-10(15)16)4-7(14(18)19)5-9(6)12/h4-5H,2-3H2,1H3,(H,13,17)(H,15,16). The van der Waals surface area contributed by atoms with E-state index in [1.807, 2.05) is 22.6 Å². The summed E-state index contributed by atoms with van der Waals surface area (Å²) < 4.78 is 0.607. The predicted molar refractivity (Wildman–Crippen MR) is 75.1 cm³/mol. The number of nitrogens with zero attached hydrogens (tertiary/aromatic N) is 1. The molecule has 19 heavy (non-hydrogen) atoms. The van der Waals surface area contributed by atoms with E-state index < -0.39 is 16.8 Å². The molecule has 0 aliphatic carbocycles. The normalized spacial score (nSPS) is 10.0. The Labute approximate surface area is 122 Å². The van der Waals surface area contributed by atoms with Gasteiger partial charge in [-0.1, -0.05) is 0 Å². The van der Waals surface area contributed by atoms with E-state index in [2.05, 4.69) is 5.32 Å². The second kappa shape index (κ2) is 6.45. The summed E-state index contributed by atoms with van der Waals surface area (Å²) in [5.41, 5.74) is 0.640. The second-order valence-corrected chi connectivity index (χ2v) is 4.92. The van der Waals surface area contributed by atoms with E-state index in [4.69, 9.17) is 5.11 Å². The Hall–Kier alpha value is -1.71. The highest BCUT2D eigenvalue weighted by Gasteiger charge is 2.17. The zero-order valence-electron chi connectivity index (χ0n) is 9.97. The zero-order valence-corrected chi connectivity index (χ0v) is 12.1. The first-order valence-corrected chi connectivity index (χ1v) is 6.35. The summed E-state index contributed by atoms with van der Waals surface area (Å²) in [4.78, 5) is 32.3. The SMILES string of the molecule is Cc1c(I)cc([N+](=O)[O-])cc1C(=O)NCCC(=O)O. The van der Waals surface area contributed by atoms with Gasteiger partial charge in [-0.05, 0) is 35.1 Å². The summed E-state index contributed by atoms with van der Waals surface area (Å²) in [7, 11) is 0. The third-order valence-corrected chi connectivity index (χ3v) is 3.53. The minimum atomic E-state index is -1.02. The molecule has 1 amide bonds.